The zero-order valence-electron chi connectivity index (χ0n) is 7.83. The molecule has 1 rings (SSSR count). The van der Waals surface area contributed by atoms with Crippen LogP contribution in [-0.2, 0) is 4.79 Å². The van der Waals surface area contributed by atoms with Crippen molar-refractivity contribution in [1.29, 1.82) is 0 Å². The largest absolute Gasteiger partial charge is 0.387 e. The van der Waals surface area contributed by atoms with Gasteiger partial charge in [-0.25, -0.2) is 0 Å². The predicted molar refractivity (Wildman–Crippen MR) is 57.8 cm³/mol. The van der Waals surface area contributed by atoms with E-state index in [1.54, 1.807) is 0 Å². The van der Waals surface area contributed by atoms with E-state index in [1.807, 2.05) is 31.2 Å². The average Bonchev–Trinajstić information content (AvgIpc) is 2.17. The van der Waals surface area contributed by atoms with Crippen LogP contribution < -0.4 is 5.32 Å². The second-order valence-electron chi connectivity index (χ2n) is 3.00. The summed E-state index contributed by atoms with van der Waals surface area (Å²) in [5.74, 6) is -0.363. The van der Waals surface area contributed by atoms with Crippen molar-refractivity contribution in [3.8, 4) is 0 Å². The average molecular weight is 258 g/mol. The smallest absolute Gasteiger partial charge is 0.246 e. The molecule has 2 N–H and O–H groups in total. The van der Waals surface area contributed by atoms with Crippen LogP contribution in [0.15, 0.2) is 28.7 Å². The summed E-state index contributed by atoms with van der Waals surface area (Å²) in [6.45, 7) is 1.40. The van der Waals surface area contributed by atoms with E-state index in [-0.39, 0.29) is 11.9 Å². The highest BCUT2D eigenvalue weighted by atomic mass is 79.9. The van der Waals surface area contributed by atoms with E-state index in [0.29, 0.717) is 0 Å². The summed E-state index contributed by atoms with van der Waals surface area (Å²) in [7, 11) is 0. The minimum absolute atomic E-state index is 0.0906. The van der Waals surface area contributed by atoms with Gasteiger partial charge in [0.2, 0.25) is 5.91 Å². The maximum atomic E-state index is 10.9. The number of aliphatic hydroxyl groups excluding tert-OH is 1. The van der Waals surface area contributed by atoms with Crippen LogP contribution in [0.4, 0.5) is 0 Å². The monoisotopic (exact) mass is 257 g/mol. The predicted octanol–water partition coefficient (Wildman–Crippen LogP) is 1.62. The van der Waals surface area contributed by atoms with Crippen LogP contribution in [-0.4, -0.2) is 17.6 Å². The third-order valence-corrected chi connectivity index (χ3v) is 2.36. The second kappa shape index (κ2) is 5.12. The van der Waals surface area contributed by atoms with Crippen molar-refractivity contribution < 1.29 is 9.90 Å². The van der Waals surface area contributed by atoms with Crippen molar-refractivity contribution in [2.24, 2.45) is 0 Å². The first-order valence-corrected chi connectivity index (χ1v) is 5.08. The van der Waals surface area contributed by atoms with Crippen LogP contribution in [0.25, 0.3) is 0 Å². The molecule has 0 aliphatic carbocycles. The maximum Gasteiger partial charge on any atom is 0.246 e. The van der Waals surface area contributed by atoms with Gasteiger partial charge < -0.3 is 10.4 Å². The second-order valence-corrected chi connectivity index (χ2v) is 3.92. The summed E-state index contributed by atoms with van der Waals surface area (Å²) >= 11 is 3.35. The lowest BCUT2D eigenvalue weighted by molar-refractivity contribution is -0.124. The Hall–Kier alpha value is -0.870. The molecular weight excluding hydrogens is 246 g/mol. The Bertz CT molecular complexity index is 328. The summed E-state index contributed by atoms with van der Waals surface area (Å²) in [5.41, 5.74) is 1.00. The van der Waals surface area contributed by atoms with E-state index < -0.39 is 6.61 Å². The number of carbonyl (C=O) groups excluding carboxylic acids is 1. The summed E-state index contributed by atoms with van der Waals surface area (Å²) in [6, 6.07) is 7.59. The standard InChI is InChI=1S/C10H12BrNO2/c1-7(12-10(14)6-13)8-3-2-4-9(11)5-8/h2-5,7,13H,6H2,1H3,(H,12,14). The number of halogens is 1. The van der Waals surface area contributed by atoms with Gasteiger partial charge in [-0.15, -0.1) is 0 Å². The number of amides is 1. The first-order valence-electron chi connectivity index (χ1n) is 4.29. The van der Waals surface area contributed by atoms with Gasteiger partial charge in [-0.05, 0) is 24.6 Å². The zero-order valence-corrected chi connectivity index (χ0v) is 9.41. The molecule has 1 aromatic carbocycles. The molecule has 3 nitrogen and oxygen atoms in total. The molecule has 76 valence electrons. The normalized spacial score (nSPS) is 12.2. The van der Waals surface area contributed by atoms with Gasteiger partial charge in [-0.1, -0.05) is 28.1 Å². The van der Waals surface area contributed by atoms with Crippen molar-refractivity contribution in [3.05, 3.63) is 34.3 Å². The topological polar surface area (TPSA) is 49.3 Å². The Morgan fingerprint density at radius 3 is 2.93 bits per heavy atom. The highest BCUT2D eigenvalue weighted by Gasteiger charge is 2.08. The Morgan fingerprint density at radius 1 is 1.64 bits per heavy atom. The molecule has 1 unspecified atom stereocenters. The zero-order chi connectivity index (χ0) is 10.6. The quantitative estimate of drug-likeness (QED) is 0.865. The van der Waals surface area contributed by atoms with Crippen molar-refractivity contribution in [2.75, 3.05) is 6.61 Å². The molecule has 0 aliphatic rings. The van der Waals surface area contributed by atoms with E-state index in [4.69, 9.17) is 5.11 Å². The molecule has 1 amide bonds. The van der Waals surface area contributed by atoms with Crippen molar-refractivity contribution in [2.45, 2.75) is 13.0 Å². The molecule has 0 spiro atoms. The first-order chi connectivity index (χ1) is 6.63. The van der Waals surface area contributed by atoms with Gasteiger partial charge in [-0.2, -0.15) is 0 Å². The van der Waals surface area contributed by atoms with Gasteiger partial charge in [0.1, 0.15) is 6.61 Å². The fourth-order valence-electron chi connectivity index (χ4n) is 1.15. The van der Waals surface area contributed by atoms with Crippen LogP contribution in [0.3, 0.4) is 0 Å². The molecule has 0 heterocycles. The van der Waals surface area contributed by atoms with Crippen LogP contribution in [0.2, 0.25) is 0 Å². The van der Waals surface area contributed by atoms with E-state index in [9.17, 15) is 4.79 Å². The van der Waals surface area contributed by atoms with Crippen molar-refractivity contribution >= 4 is 21.8 Å². The highest BCUT2D eigenvalue weighted by Crippen LogP contribution is 2.17. The summed E-state index contributed by atoms with van der Waals surface area (Å²) in [5, 5.41) is 11.2. The van der Waals surface area contributed by atoms with E-state index >= 15 is 0 Å². The molecule has 0 saturated carbocycles. The number of benzene rings is 1. The van der Waals surface area contributed by atoms with Gasteiger partial charge in [0.25, 0.3) is 0 Å². The van der Waals surface area contributed by atoms with Gasteiger partial charge in [0, 0.05) is 4.47 Å². The maximum absolute atomic E-state index is 10.9. The summed E-state index contributed by atoms with van der Waals surface area (Å²) in [4.78, 5) is 10.9. The third kappa shape index (κ3) is 3.12. The number of hydrogen-bond acceptors (Lipinski definition) is 2. The number of aliphatic hydroxyl groups is 1. The molecule has 1 atom stereocenters. The number of hydrogen-bond donors (Lipinski definition) is 2. The number of nitrogens with one attached hydrogen (secondary N) is 1. The Morgan fingerprint density at radius 2 is 2.36 bits per heavy atom. The fourth-order valence-corrected chi connectivity index (χ4v) is 1.56. The molecular formula is C10H12BrNO2. The Kier molecular flexibility index (Phi) is 4.10. The van der Waals surface area contributed by atoms with E-state index in [2.05, 4.69) is 21.2 Å². The van der Waals surface area contributed by atoms with Crippen LogP contribution >= 0.6 is 15.9 Å². The Labute approximate surface area is 91.3 Å². The molecule has 0 saturated heterocycles. The van der Waals surface area contributed by atoms with Gasteiger partial charge in [-0.3, -0.25) is 4.79 Å². The van der Waals surface area contributed by atoms with Crippen LogP contribution in [0, 0.1) is 0 Å². The SMILES string of the molecule is CC(NC(=O)CO)c1cccc(Br)c1. The van der Waals surface area contributed by atoms with Gasteiger partial charge >= 0.3 is 0 Å². The molecule has 0 radical (unpaired) electrons. The third-order valence-electron chi connectivity index (χ3n) is 1.87. The van der Waals surface area contributed by atoms with Crippen LogP contribution in [0.5, 0.6) is 0 Å². The van der Waals surface area contributed by atoms with E-state index in [1.165, 1.54) is 0 Å². The number of carbonyl (C=O) groups is 1. The molecule has 0 aliphatic heterocycles. The molecule has 0 bridgehead atoms. The van der Waals surface area contributed by atoms with Crippen molar-refractivity contribution in [3.63, 3.8) is 0 Å². The van der Waals surface area contributed by atoms with Gasteiger partial charge in [0.05, 0.1) is 6.04 Å². The fraction of sp³-hybridized carbons (Fsp3) is 0.300. The molecule has 4 heteroatoms. The molecule has 14 heavy (non-hydrogen) atoms. The minimum Gasteiger partial charge on any atom is -0.387 e. The molecule has 0 aromatic heterocycles. The van der Waals surface area contributed by atoms with Crippen LogP contribution in [0.1, 0.15) is 18.5 Å². The molecule has 0 fully saturated rings. The lowest BCUT2D eigenvalue weighted by Gasteiger charge is -2.13. The number of rotatable bonds is 3. The summed E-state index contributed by atoms with van der Waals surface area (Å²) in [6.07, 6.45) is 0. The van der Waals surface area contributed by atoms with Gasteiger partial charge in [0.15, 0.2) is 0 Å². The van der Waals surface area contributed by atoms with Crippen molar-refractivity contribution in [1.82, 2.24) is 5.32 Å². The minimum atomic E-state index is -0.474. The lowest BCUT2D eigenvalue weighted by Crippen LogP contribution is -2.28. The molecule has 1 aromatic rings. The highest BCUT2D eigenvalue weighted by molar-refractivity contribution is 9.10. The van der Waals surface area contributed by atoms with E-state index in [0.717, 1.165) is 10.0 Å². The lowest BCUT2D eigenvalue weighted by atomic mass is 10.1. The Balaban J connectivity index is 2.69. The summed E-state index contributed by atoms with van der Waals surface area (Å²) < 4.78 is 0.972. The first kappa shape index (κ1) is 11.2.